The van der Waals surface area contributed by atoms with Crippen molar-refractivity contribution >= 4 is 12.1 Å². The van der Waals surface area contributed by atoms with Gasteiger partial charge in [-0.25, -0.2) is 5.43 Å². The van der Waals surface area contributed by atoms with Crippen LogP contribution in [-0.4, -0.2) is 25.3 Å². The molecule has 0 aliphatic carbocycles. The standard InChI is InChI=1S/C19H22N2O3/c1-4-23-16-11-10-15(18(12-16)24-5-2)13-20-21-19(22)17-9-7-6-8-14(17)3/h6-13H,4-5H2,1-3H3,(H,21,22)/b20-13-. The van der Waals surface area contributed by atoms with Crippen LogP contribution >= 0.6 is 0 Å². The molecular formula is C19H22N2O3. The Labute approximate surface area is 142 Å². The summed E-state index contributed by atoms with van der Waals surface area (Å²) in [5, 5.41) is 4.03. The summed E-state index contributed by atoms with van der Waals surface area (Å²) in [5.41, 5.74) is 4.82. The number of benzene rings is 2. The lowest BCUT2D eigenvalue weighted by atomic mass is 10.1. The fourth-order valence-electron chi connectivity index (χ4n) is 2.21. The van der Waals surface area contributed by atoms with Crippen molar-refractivity contribution in [2.75, 3.05) is 13.2 Å². The second-order valence-corrected chi connectivity index (χ2v) is 5.08. The summed E-state index contributed by atoms with van der Waals surface area (Å²) < 4.78 is 11.1. The zero-order chi connectivity index (χ0) is 17.4. The molecule has 0 radical (unpaired) electrons. The largest absolute Gasteiger partial charge is 0.494 e. The van der Waals surface area contributed by atoms with E-state index in [1.165, 1.54) is 0 Å². The maximum Gasteiger partial charge on any atom is 0.271 e. The van der Waals surface area contributed by atoms with Gasteiger partial charge in [0.1, 0.15) is 11.5 Å². The van der Waals surface area contributed by atoms with Crippen LogP contribution in [0.4, 0.5) is 0 Å². The van der Waals surface area contributed by atoms with E-state index >= 15 is 0 Å². The van der Waals surface area contributed by atoms with E-state index in [9.17, 15) is 4.79 Å². The van der Waals surface area contributed by atoms with E-state index in [0.717, 1.165) is 16.9 Å². The highest BCUT2D eigenvalue weighted by atomic mass is 16.5. The predicted molar refractivity (Wildman–Crippen MR) is 95.0 cm³/mol. The smallest absolute Gasteiger partial charge is 0.271 e. The monoisotopic (exact) mass is 326 g/mol. The zero-order valence-electron chi connectivity index (χ0n) is 14.2. The third kappa shape index (κ3) is 4.59. The molecule has 0 aliphatic rings. The number of ether oxygens (including phenoxy) is 2. The van der Waals surface area contributed by atoms with Gasteiger partial charge in [-0.15, -0.1) is 0 Å². The van der Waals surface area contributed by atoms with Gasteiger partial charge in [0.25, 0.3) is 5.91 Å². The van der Waals surface area contributed by atoms with Crippen molar-refractivity contribution in [3.63, 3.8) is 0 Å². The van der Waals surface area contributed by atoms with E-state index in [1.807, 2.05) is 57.2 Å². The Morgan fingerprint density at radius 2 is 1.88 bits per heavy atom. The molecule has 24 heavy (non-hydrogen) atoms. The minimum Gasteiger partial charge on any atom is -0.494 e. The van der Waals surface area contributed by atoms with Gasteiger partial charge in [0.05, 0.1) is 19.4 Å². The summed E-state index contributed by atoms with van der Waals surface area (Å²) in [4.78, 5) is 12.1. The minimum atomic E-state index is -0.242. The van der Waals surface area contributed by atoms with Gasteiger partial charge in [-0.3, -0.25) is 4.79 Å². The molecule has 0 bridgehead atoms. The number of hydrogen-bond donors (Lipinski definition) is 1. The summed E-state index contributed by atoms with van der Waals surface area (Å²) in [5.74, 6) is 1.16. The van der Waals surface area contributed by atoms with Gasteiger partial charge in [-0.05, 0) is 44.5 Å². The third-order valence-electron chi connectivity index (χ3n) is 3.36. The van der Waals surface area contributed by atoms with E-state index in [0.29, 0.717) is 24.5 Å². The fourth-order valence-corrected chi connectivity index (χ4v) is 2.21. The molecule has 0 spiro atoms. The molecule has 126 valence electrons. The van der Waals surface area contributed by atoms with E-state index in [-0.39, 0.29) is 5.91 Å². The number of rotatable bonds is 7. The van der Waals surface area contributed by atoms with E-state index in [4.69, 9.17) is 9.47 Å². The van der Waals surface area contributed by atoms with Crippen molar-refractivity contribution in [1.29, 1.82) is 0 Å². The van der Waals surface area contributed by atoms with Crippen LogP contribution < -0.4 is 14.9 Å². The van der Waals surface area contributed by atoms with Gasteiger partial charge in [0.2, 0.25) is 0 Å². The summed E-state index contributed by atoms with van der Waals surface area (Å²) >= 11 is 0. The highest BCUT2D eigenvalue weighted by Gasteiger charge is 2.07. The average Bonchev–Trinajstić information content (AvgIpc) is 2.57. The number of amides is 1. The molecule has 0 fully saturated rings. The van der Waals surface area contributed by atoms with E-state index in [2.05, 4.69) is 10.5 Å². The number of nitrogens with one attached hydrogen (secondary N) is 1. The van der Waals surface area contributed by atoms with Gasteiger partial charge in [0.15, 0.2) is 0 Å². The van der Waals surface area contributed by atoms with Gasteiger partial charge in [-0.1, -0.05) is 18.2 Å². The summed E-state index contributed by atoms with van der Waals surface area (Å²) in [6, 6.07) is 12.9. The topological polar surface area (TPSA) is 59.9 Å². The van der Waals surface area contributed by atoms with Crippen LogP contribution in [0.3, 0.4) is 0 Å². The Kier molecular flexibility index (Phi) is 6.37. The van der Waals surface area contributed by atoms with E-state index in [1.54, 1.807) is 12.3 Å². The lowest BCUT2D eigenvalue weighted by Gasteiger charge is -2.10. The molecule has 0 aliphatic heterocycles. The van der Waals surface area contributed by atoms with Gasteiger partial charge >= 0.3 is 0 Å². The quantitative estimate of drug-likeness (QED) is 0.625. The molecule has 0 heterocycles. The van der Waals surface area contributed by atoms with Gasteiger partial charge in [-0.2, -0.15) is 5.10 Å². The van der Waals surface area contributed by atoms with Gasteiger partial charge < -0.3 is 9.47 Å². The maximum atomic E-state index is 12.1. The maximum absolute atomic E-state index is 12.1. The first-order valence-corrected chi connectivity index (χ1v) is 7.94. The number of nitrogens with zero attached hydrogens (tertiary/aromatic N) is 1. The fraction of sp³-hybridized carbons (Fsp3) is 0.263. The highest BCUT2D eigenvalue weighted by Crippen LogP contribution is 2.24. The van der Waals surface area contributed by atoms with Crippen LogP contribution in [0.25, 0.3) is 0 Å². The van der Waals surface area contributed by atoms with Crippen LogP contribution in [0.15, 0.2) is 47.6 Å². The Morgan fingerprint density at radius 3 is 2.58 bits per heavy atom. The molecule has 5 nitrogen and oxygen atoms in total. The lowest BCUT2D eigenvalue weighted by Crippen LogP contribution is -2.18. The molecule has 0 saturated carbocycles. The number of aryl methyl sites for hydroxylation is 1. The van der Waals surface area contributed by atoms with Crippen molar-refractivity contribution < 1.29 is 14.3 Å². The normalized spacial score (nSPS) is 10.6. The van der Waals surface area contributed by atoms with Crippen LogP contribution in [0.1, 0.15) is 35.3 Å². The summed E-state index contributed by atoms with van der Waals surface area (Å²) in [6.07, 6.45) is 1.57. The molecule has 0 unspecified atom stereocenters. The second-order valence-electron chi connectivity index (χ2n) is 5.08. The van der Waals surface area contributed by atoms with Crippen LogP contribution in [-0.2, 0) is 0 Å². The number of hydrogen-bond acceptors (Lipinski definition) is 4. The molecule has 0 saturated heterocycles. The Balaban J connectivity index is 2.10. The molecule has 5 heteroatoms. The first kappa shape index (κ1) is 17.5. The molecule has 1 N–H and O–H groups in total. The van der Waals surface area contributed by atoms with Crippen LogP contribution in [0.2, 0.25) is 0 Å². The first-order chi connectivity index (χ1) is 11.7. The van der Waals surface area contributed by atoms with Crippen molar-refractivity contribution in [3.8, 4) is 11.5 Å². The summed E-state index contributed by atoms with van der Waals surface area (Å²) in [7, 11) is 0. The molecule has 0 atom stereocenters. The summed E-state index contributed by atoms with van der Waals surface area (Å²) in [6.45, 7) is 6.85. The zero-order valence-corrected chi connectivity index (χ0v) is 14.2. The Bertz CT molecular complexity index is 726. The lowest BCUT2D eigenvalue weighted by molar-refractivity contribution is 0.0954. The molecule has 0 aromatic heterocycles. The van der Waals surface area contributed by atoms with Crippen molar-refractivity contribution in [2.24, 2.45) is 5.10 Å². The average molecular weight is 326 g/mol. The van der Waals surface area contributed by atoms with Crippen molar-refractivity contribution in [3.05, 3.63) is 59.2 Å². The van der Waals surface area contributed by atoms with Gasteiger partial charge in [0, 0.05) is 17.2 Å². The predicted octanol–water partition coefficient (Wildman–Crippen LogP) is 3.56. The third-order valence-corrected chi connectivity index (χ3v) is 3.36. The van der Waals surface area contributed by atoms with Crippen molar-refractivity contribution in [1.82, 2.24) is 5.43 Å². The highest BCUT2D eigenvalue weighted by molar-refractivity contribution is 5.96. The van der Waals surface area contributed by atoms with Crippen molar-refractivity contribution in [2.45, 2.75) is 20.8 Å². The first-order valence-electron chi connectivity index (χ1n) is 7.94. The molecule has 1 amide bonds. The molecule has 2 rings (SSSR count). The molecule has 2 aromatic carbocycles. The Morgan fingerprint density at radius 1 is 1.12 bits per heavy atom. The number of hydrazone groups is 1. The number of carbonyl (C=O) groups is 1. The SMILES string of the molecule is CCOc1ccc(/C=N\NC(=O)c2ccccc2C)c(OCC)c1. The molecule has 2 aromatic rings. The van der Waals surface area contributed by atoms with Crippen LogP contribution in [0.5, 0.6) is 11.5 Å². The Hall–Kier alpha value is -2.82. The molecular weight excluding hydrogens is 304 g/mol. The van der Waals surface area contributed by atoms with Crippen LogP contribution in [0, 0.1) is 6.92 Å². The van der Waals surface area contributed by atoms with E-state index < -0.39 is 0 Å². The minimum absolute atomic E-state index is 0.242. The number of carbonyl (C=O) groups excluding carboxylic acids is 1. The second kappa shape index (κ2) is 8.72.